The van der Waals surface area contributed by atoms with Crippen LogP contribution in [-0.4, -0.2) is 19.2 Å². The van der Waals surface area contributed by atoms with Crippen LogP contribution in [0, 0.1) is 5.92 Å². The number of amidine groups is 1. The van der Waals surface area contributed by atoms with Crippen molar-refractivity contribution in [3.05, 3.63) is 35.4 Å². The van der Waals surface area contributed by atoms with E-state index < -0.39 is 0 Å². The van der Waals surface area contributed by atoms with Gasteiger partial charge in [-0.25, -0.2) is 4.99 Å². The third-order valence-electron chi connectivity index (χ3n) is 4.21. The first-order valence-corrected chi connectivity index (χ1v) is 6.78. The van der Waals surface area contributed by atoms with Gasteiger partial charge in [0.05, 0.1) is 12.6 Å². The predicted molar refractivity (Wildman–Crippen MR) is 72.8 cm³/mol. The first-order chi connectivity index (χ1) is 8.75. The minimum atomic E-state index is 0.337. The molecule has 0 amide bonds. The molecule has 3 unspecified atom stereocenters. The van der Waals surface area contributed by atoms with E-state index in [4.69, 9.17) is 4.74 Å². The van der Waals surface area contributed by atoms with Gasteiger partial charge in [-0.3, -0.25) is 0 Å². The predicted octanol–water partition coefficient (Wildman–Crippen LogP) is 2.85. The van der Waals surface area contributed by atoms with Crippen LogP contribution in [0.15, 0.2) is 29.3 Å². The molecule has 3 heteroatoms. The fraction of sp³-hybridized carbons (Fsp3) is 0.533. The molecule has 18 heavy (non-hydrogen) atoms. The van der Waals surface area contributed by atoms with Gasteiger partial charge >= 0.3 is 0 Å². The van der Waals surface area contributed by atoms with Crippen LogP contribution in [0.5, 0.6) is 0 Å². The Morgan fingerprint density at radius 2 is 2.00 bits per heavy atom. The number of rotatable bonds is 1. The number of fused-ring (bicyclic) bond motifs is 1. The summed E-state index contributed by atoms with van der Waals surface area (Å²) in [6.07, 6.45) is 1.14. The van der Waals surface area contributed by atoms with Crippen molar-refractivity contribution in [1.29, 1.82) is 0 Å². The maximum Gasteiger partial charge on any atom is 0.285 e. The van der Waals surface area contributed by atoms with Crippen LogP contribution in [0.25, 0.3) is 0 Å². The molecule has 0 saturated heterocycles. The zero-order chi connectivity index (χ0) is 12.5. The Kier molecular flexibility index (Phi) is 2.98. The summed E-state index contributed by atoms with van der Waals surface area (Å²) in [5.41, 5.74) is 2.87. The zero-order valence-electron chi connectivity index (χ0n) is 11.0. The Labute approximate surface area is 108 Å². The molecule has 3 nitrogen and oxygen atoms in total. The van der Waals surface area contributed by atoms with Crippen molar-refractivity contribution >= 4 is 6.02 Å². The van der Waals surface area contributed by atoms with Gasteiger partial charge in [0.2, 0.25) is 0 Å². The van der Waals surface area contributed by atoms with Gasteiger partial charge in [0.25, 0.3) is 6.02 Å². The number of aliphatic imine (C=N–C) groups is 1. The minimum absolute atomic E-state index is 0.337. The molecule has 0 spiro atoms. The summed E-state index contributed by atoms with van der Waals surface area (Å²) in [6, 6.07) is 9.79. The molecule has 0 saturated carbocycles. The van der Waals surface area contributed by atoms with Crippen molar-refractivity contribution in [2.45, 2.75) is 32.2 Å². The maximum absolute atomic E-state index is 5.47. The second-order valence-corrected chi connectivity index (χ2v) is 5.36. The highest BCUT2D eigenvalue weighted by Crippen LogP contribution is 2.40. The summed E-state index contributed by atoms with van der Waals surface area (Å²) in [5.74, 6) is 1.31. The topological polar surface area (TPSA) is 33.6 Å². The highest BCUT2D eigenvalue weighted by atomic mass is 16.5. The lowest BCUT2D eigenvalue weighted by molar-refractivity contribution is 0.306. The molecule has 0 bridgehead atoms. The molecule has 0 aromatic heterocycles. The van der Waals surface area contributed by atoms with Crippen LogP contribution in [0.1, 0.15) is 43.4 Å². The van der Waals surface area contributed by atoms with Crippen molar-refractivity contribution in [2.75, 3.05) is 13.2 Å². The van der Waals surface area contributed by atoms with E-state index in [1.54, 1.807) is 0 Å². The van der Waals surface area contributed by atoms with Crippen molar-refractivity contribution in [3.63, 3.8) is 0 Å². The van der Waals surface area contributed by atoms with Crippen LogP contribution < -0.4 is 5.32 Å². The van der Waals surface area contributed by atoms with Crippen molar-refractivity contribution in [1.82, 2.24) is 5.32 Å². The average molecular weight is 244 g/mol. The van der Waals surface area contributed by atoms with Crippen molar-refractivity contribution in [2.24, 2.45) is 10.9 Å². The highest BCUT2D eigenvalue weighted by Gasteiger charge is 2.30. The first kappa shape index (κ1) is 11.6. The van der Waals surface area contributed by atoms with Gasteiger partial charge in [-0.15, -0.1) is 0 Å². The number of benzene rings is 1. The lowest BCUT2D eigenvalue weighted by Gasteiger charge is -2.35. The second kappa shape index (κ2) is 4.63. The van der Waals surface area contributed by atoms with E-state index in [1.165, 1.54) is 11.1 Å². The van der Waals surface area contributed by atoms with Gasteiger partial charge in [-0.05, 0) is 29.4 Å². The highest BCUT2D eigenvalue weighted by molar-refractivity contribution is 5.75. The molecule has 1 heterocycles. The molecule has 2 aliphatic rings. The minimum Gasteiger partial charge on any atom is -0.463 e. The van der Waals surface area contributed by atoms with E-state index in [-0.39, 0.29) is 0 Å². The Balaban J connectivity index is 1.88. The maximum atomic E-state index is 5.47. The van der Waals surface area contributed by atoms with Crippen LogP contribution in [0.4, 0.5) is 0 Å². The molecule has 3 rings (SSSR count). The Bertz CT molecular complexity index is 469. The molecule has 0 fully saturated rings. The van der Waals surface area contributed by atoms with E-state index in [9.17, 15) is 0 Å². The lowest BCUT2D eigenvalue weighted by atomic mass is 9.74. The SMILES string of the molecule is CC1CC(NC2=NCCO2)c2ccccc2C1C. The standard InChI is InChI=1S/C15H20N2O/c1-10-9-14(17-15-16-7-8-18-15)13-6-4-3-5-12(13)11(10)2/h3-6,10-11,14H,7-9H2,1-2H3,(H,16,17). The fourth-order valence-corrected chi connectivity index (χ4v) is 2.96. The van der Waals surface area contributed by atoms with Gasteiger partial charge < -0.3 is 10.1 Å². The molecular weight excluding hydrogens is 224 g/mol. The molecular formula is C15H20N2O. The molecule has 3 atom stereocenters. The number of nitrogens with one attached hydrogen (secondary N) is 1. The number of ether oxygens (including phenoxy) is 1. The second-order valence-electron chi connectivity index (χ2n) is 5.36. The van der Waals surface area contributed by atoms with Crippen LogP contribution in [0.3, 0.4) is 0 Å². The van der Waals surface area contributed by atoms with Gasteiger partial charge in [-0.1, -0.05) is 38.1 Å². The normalized spacial score (nSPS) is 30.3. The number of hydrogen-bond acceptors (Lipinski definition) is 3. The molecule has 1 aliphatic carbocycles. The fourth-order valence-electron chi connectivity index (χ4n) is 2.96. The van der Waals surface area contributed by atoms with E-state index in [0.29, 0.717) is 24.5 Å². The average Bonchev–Trinajstić information content (AvgIpc) is 2.89. The van der Waals surface area contributed by atoms with Crippen LogP contribution >= 0.6 is 0 Å². The Hall–Kier alpha value is -1.51. The van der Waals surface area contributed by atoms with Gasteiger partial charge in [-0.2, -0.15) is 0 Å². The lowest BCUT2D eigenvalue weighted by Crippen LogP contribution is -2.34. The first-order valence-electron chi connectivity index (χ1n) is 6.78. The summed E-state index contributed by atoms with van der Waals surface area (Å²) in [6.45, 7) is 6.14. The molecule has 1 aliphatic heterocycles. The number of hydrogen-bond donors (Lipinski definition) is 1. The third kappa shape index (κ3) is 1.98. The van der Waals surface area contributed by atoms with Gasteiger partial charge in [0, 0.05) is 0 Å². The molecule has 1 N–H and O–H groups in total. The summed E-state index contributed by atoms with van der Waals surface area (Å²) in [5, 5.41) is 3.45. The van der Waals surface area contributed by atoms with E-state index >= 15 is 0 Å². The van der Waals surface area contributed by atoms with E-state index in [1.807, 2.05) is 0 Å². The van der Waals surface area contributed by atoms with Crippen LogP contribution in [-0.2, 0) is 4.74 Å². The van der Waals surface area contributed by atoms with Crippen LogP contribution in [0.2, 0.25) is 0 Å². The molecule has 1 aromatic rings. The Morgan fingerprint density at radius 1 is 1.22 bits per heavy atom. The summed E-state index contributed by atoms with van der Waals surface area (Å²) >= 11 is 0. The van der Waals surface area contributed by atoms with Crippen molar-refractivity contribution in [3.8, 4) is 0 Å². The molecule has 1 aromatic carbocycles. The summed E-state index contributed by atoms with van der Waals surface area (Å²) in [4.78, 5) is 4.33. The molecule has 0 radical (unpaired) electrons. The van der Waals surface area contributed by atoms with Gasteiger partial charge in [0.15, 0.2) is 0 Å². The summed E-state index contributed by atoms with van der Waals surface area (Å²) < 4.78 is 5.47. The van der Waals surface area contributed by atoms with Crippen molar-refractivity contribution < 1.29 is 4.74 Å². The largest absolute Gasteiger partial charge is 0.463 e. The van der Waals surface area contributed by atoms with E-state index in [2.05, 4.69) is 48.4 Å². The summed E-state index contributed by atoms with van der Waals surface area (Å²) in [7, 11) is 0. The number of nitrogens with zero attached hydrogens (tertiary/aromatic N) is 1. The smallest absolute Gasteiger partial charge is 0.285 e. The Morgan fingerprint density at radius 3 is 2.72 bits per heavy atom. The monoisotopic (exact) mass is 244 g/mol. The third-order valence-corrected chi connectivity index (χ3v) is 4.21. The van der Waals surface area contributed by atoms with Gasteiger partial charge in [0.1, 0.15) is 6.61 Å². The quantitative estimate of drug-likeness (QED) is 0.824. The zero-order valence-corrected chi connectivity index (χ0v) is 11.0. The molecule has 96 valence electrons. The van der Waals surface area contributed by atoms with E-state index in [0.717, 1.165) is 19.0 Å².